The molecule has 0 bridgehead atoms. The minimum atomic E-state index is 0. The lowest BCUT2D eigenvalue weighted by Gasteiger charge is -2.10. The Hall–Kier alpha value is 0.390. The number of hydrogen-bond acceptors (Lipinski definition) is 3. The SMILES string of the molecule is CCNC(=NCCCOCC)NCCc1ccc(I)s1.I. The van der Waals surface area contributed by atoms with Crippen LogP contribution in [0.2, 0.25) is 0 Å². The molecule has 4 nitrogen and oxygen atoms in total. The van der Waals surface area contributed by atoms with Gasteiger partial charge >= 0.3 is 0 Å². The summed E-state index contributed by atoms with van der Waals surface area (Å²) in [5.74, 6) is 0.898. The molecule has 2 N–H and O–H groups in total. The predicted molar refractivity (Wildman–Crippen MR) is 111 cm³/mol. The molecular weight excluding hydrogens is 512 g/mol. The molecule has 1 rings (SSSR count). The highest BCUT2D eigenvalue weighted by molar-refractivity contribution is 14.1. The molecule has 0 atom stereocenters. The molecule has 0 aliphatic rings. The van der Waals surface area contributed by atoms with Gasteiger partial charge in [-0.2, -0.15) is 0 Å². The van der Waals surface area contributed by atoms with Crippen molar-refractivity contribution in [3.05, 3.63) is 19.9 Å². The molecule has 0 fully saturated rings. The first-order valence-corrected chi connectivity index (χ1v) is 9.00. The zero-order valence-corrected chi connectivity index (χ0v) is 18.0. The fourth-order valence-electron chi connectivity index (χ4n) is 1.63. The molecule has 0 spiro atoms. The zero-order chi connectivity index (χ0) is 14.6. The lowest BCUT2D eigenvalue weighted by molar-refractivity contribution is 0.146. The number of thiophene rings is 1. The molecule has 0 aliphatic carbocycles. The molecular formula is C14H25I2N3OS. The van der Waals surface area contributed by atoms with Crippen LogP contribution >= 0.6 is 57.9 Å². The van der Waals surface area contributed by atoms with E-state index in [2.05, 4.69) is 57.3 Å². The van der Waals surface area contributed by atoms with E-state index in [0.29, 0.717) is 0 Å². The fourth-order valence-corrected chi connectivity index (χ4v) is 3.39. The van der Waals surface area contributed by atoms with Gasteiger partial charge in [-0.1, -0.05) is 0 Å². The average Bonchev–Trinajstić information content (AvgIpc) is 2.84. The molecule has 0 unspecified atom stereocenters. The van der Waals surface area contributed by atoms with Crippen molar-refractivity contribution in [1.82, 2.24) is 10.6 Å². The largest absolute Gasteiger partial charge is 0.382 e. The highest BCUT2D eigenvalue weighted by atomic mass is 127. The molecule has 21 heavy (non-hydrogen) atoms. The second-order valence-corrected chi connectivity index (χ2v) is 7.26. The Morgan fingerprint density at radius 3 is 2.76 bits per heavy atom. The van der Waals surface area contributed by atoms with Crippen molar-refractivity contribution in [2.75, 3.05) is 32.8 Å². The molecule has 1 heterocycles. The van der Waals surface area contributed by atoms with E-state index in [1.54, 1.807) is 0 Å². The van der Waals surface area contributed by atoms with Crippen LogP contribution < -0.4 is 10.6 Å². The van der Waals surface area contributed by atoms with E-state index in [4.69, 9.17) is 4.74 Å². The van der Waals surface area contributed by atoms with E-state index in [0.717, 1.165) is 51.6 Å². The first kappa shape index (κ1) is 21.4. The molecule has 0 radical (unpaired) electrons. The summed E-state index contributed by atoms with van der Waals surface area (Å²) in [7, 11) is 0. The number of nitrogens with zero attached hydrogens (tertiary/aromatic N) is 1. The van der Waals surface area contributed by atoms with Crippen LogP contribution in [-0.4, -0.2) is 38.8 Å². The molecule has 122 valence electrons. The van der Waals surface area contributed by atoms with Gasteiger partial charge in [0.2, 0.25) is 0 Å². The Morgan fingerprint density at radius 1 is 1.33 bits per heavy atom. The summed E-state index contributed by atoms with van der Waals surface area (Å²) in [5.41, 5.74) is 0. The Balaban J connectivity index is 0.00000400. The third-order valence-corrected chi connectivity index (χ3v) is 4.51. The minimum Gasteiger partial charge on any atom is -0.382 e. The highest BCUT2D eigenvalue weighted by Gasteiger charge is 2.00. The van der Waals surface area contributed by atoms with Crippen molar-refractivity contribution < 1.29 is 4.74 Å². The van der Waals surface area contributed by atoms with Gasteiger partial charge < -0.3 is 15.4 Å². The van der Waals surface area contributed by atoms with E-state index < -0.39 is 0 Å². The number of nitrogens with one attached hydrogen (secondary N) is 2. The van der Waals surface area contributed by atoms with Gasteiger partial charge in [-0.15, -0.1) is 35.3 Å². The summed E-state index contributed by atoms with van der Waals surface area (Å²) in [5, 5.41) is 6.64. The molecule has 0 amide bonds. The molecule has 7 heteroatoms. The van der Waals surface area contributed by atoms with Gasteiger partial charge in [0, 0.05) is 37.7 Å². The van der Waals surface area contributed by atoms with Gasteiger partial charge in [0.1, 0.15) is 0 Å². The Bertz CT molecular complexity index is 399. The van der Waals surface area contributed by atoms with Crippen LogP contribution in [0.5, 0.6) is 0 Å². The quantitative estimate of drug-likeness (QED) is 0.220. The van der Waals surface area contributed by atoms with Crippen LogP contribution in [0.1, 0.15) is 25.1 Å². The summed E-state index contributed by atoms with van der Waals surface area (Å²) in [6.07, 6.45) is 2.00. The Morgan fingerprint density at radius 2 is 2.14 bits per heavy atom. The van der Waals surface area contributed by atoms with Gasteiger partial charge in [0.15, 0.2) is 5.96 Å². The second kappa shape index (κ2) is 14.0. The summed E-state index contributed by atoms with van der Waals surface area (Å²) in [6, 6.07) is 4.36. The maximum absolute atomic E-state index is 5.31. The lowest BCUT2D eigenvalue weighted by atomic mass is 10.3. The second-order valence-electron chi connectivity index (χ2n) is 4.19. The van der Waals surface area contributed by atoms with Crippen LogP contribution in [0.15, 0.2) is 17.1 Å². The van der Waals surface area contributed by atoms with Crippen molar-refractivity contribution in [2.24, 2.45) is 4.99 Å². The normalized spacial score (nSPS) is 11.1. The smallest absolute Gasteiger partial charge is 0.191 e. The topological polar surface area (TPSA) is 45.7 Å². The van der Waals surface area contributed by atoms with Crippen molar-refractivity contribution in [2.45, 2.75) is 26.7 Å². The standard InChI is InChI=1S/C14H24IN3OS.HI/c1-3-16-14(17-9-5-11-19-4-2)18-10-8-12-6-7-13(15)20-12;/h6-7H,3-5,8-11H2,1-2H3,(H2,16,17,18);1H. The summed E-state index contributed by atoms with van der Waals surface area (Å²) in [6.45, 7) is 8.25. The highest BCUT2D eigenvalue weighted by Crippen LogP contribution is 2.18. The maximum atomic E-state index is 5.31. The van der Waals surface area contributed by atoms with Crippen molar-refractivity contribution in [1.29, 1.82) is 0 Å². The van der Waals surface area contributed by atoms with E-state index in [9.17, 15) is 0 Å². The molecule has 0 aromatic carbocycles. The van der Waals surface area contributed by atoms with Gasteiger partial charge in [0.05, 0.1) is 2.88 Å². The molecule has 0 aliphatic heterocycles. The summed E-state index contributed by atoms with van der Waals surface area (Å²) in [4.78, 5) is 5.95. The number of halogens is 2. The van der Waals surface area contributed by atoms with Crippen LogP contribution in [0.25, 0.3) is 0 Å². The first-order valence-electron chi connectivity index (χ1n) is 7.10. The lowest BCUT2D eigenvalue weighted by Crippen LogP contribution is -2.38. The van der Waals surface area contributed by atoms with E-state index in [1.807, 2.05) is 18.3 Å². The van der Waals surface area contributed by atoms with Gasteiger partial charge in [0.25, 0.3) is 0 Å². The summed E-state index contributed by atoms with van der Waals surface area (Å²) < 4.78 is 6.65. The first-order chi connectivity index (χ1) is 9.76. The fraction of sp³-hybridized carbons (Fsp3) is 0.643. The van der Waals surface area contributed by atoms with Gasteiger partial charge in [-0.05, 0) is 61.4 Å². The Kier molecular flexibility index (Phi) is 14.3. The predicted octanol–water partition coefficient (Wildman–Crippen LogP) is 3.49. The van der Waals surface area contributed by atoms with E-state index in [1.165, 1.54) is 7.76 Å². The maximum Gasteiger partial charge on any atom is 0.191 e. The third-order valence-electron chi connectivity index (χ3n) is 2.56. The van der Waals surface area contributed by atoms with Crippen LogP contribution in [0, 0.1) is 2.88 Å². The van der Waals surface area contributed by atoms with E-state index >= 15 is 0 Å². The number of hydrogen-bond donors (Lipinski definition) is 2. The molecule has 0 saturated carbocycles. The van der Waals surface area contributed by atoms with Crippen LogP contribution in [0.4, 0.5) is 0 Å². The van der Waals surface area contributed by atoms with Crippen LogP contribution in [0.3, 0.4) is 0 Å². The van der Waals surface area contributed by atoms with Gasteiger partial charge in [-0.3, -0.25) is 4.99 Å². The van der Waals surface area contributed by atoms with Crippen molar-refractivity contribution >= 4 is 63.9 Å². The van der Waals surface area contributed by atoms with E-state index in [-0.39, 0.29) is 24.0 Å². The minimum absolute atomic E-state index is 0. The molecule has 1 aromatic heterocycles. The van der Waals surface area contributed by atoms with Crippen molar-refractivity contribution in [3.8, 4) is 0 Å². The summed E-state index contributed by atoms with van der Waals surface area (Å²) >= 11 is 4.21. The van der Waals surface area contributed by atoms with Gasteiger partial charge in [-0.25, -0.2) is 0 Å². The number of rotatable bonds is 9. The van der Waals surface area contributed by atoms with Crippen molar-refractivity contribution in [3.63, 3.8) is 0 Å². The number of ether oxygens (including phenoxy) is 1. The molecule has 1 aromatic rings. The molecule has 0 saturated heterocycles. The zero-order valence-electron chi connectivity index (χ0n) is 12.7. The number of aliphatic imine (C=N–C) groups is 1. The monoisotopic (exact) mass is 537 g/mol. The Labute approximate surface area is 162 Å². The third kappa shape index (κ3) is 10.7. The van der Waals surface area contributed by atoms with Crippen LogP contribution in [-0.2, 0) is 11.2 Å². The average molecular weight is 537 g/mol. The number of guanidine groups is 1.